The third-order valence-electron chi connectivity index (χ3n) is 12.9. The van der Waals surface area contributed by atoms with Crippen LogP contribution in [0.1, 0.15) is 29.9 Å². The molecule has 2 N–H and O–H groups in total. The van der Waals surface area contributed by atoms with Gasteiger partial charge in [-0.25, -0.2) is 0 Å². The van der Waals surface area contributed by atoms with Gasteiger partial charge >= 0.3 is 6.36 Å². The van der Waals surface area contributed by atoms with E-state index in [1.807, 2.05) is 43.3 Å². The summed E-state index contributed by atoms with van der Waals surface area (Å²) in [6.07, 6.45) is -3.57. The molecule has 6 atom stereocenters. The van der Waals surface area contributed by atoms with E-state index in [9.17, 15) is 27.9 Å². The Morgan fingerprint density at radius 3 is 2.08 bits per heavy atom. The van der Waals surface area contributed by atoms with Crippen molar-refractivity contribution in [3.8, 4) is 17.2 Å². The highest BCUT2D eigenvalue weighted by molar-refractivity contribution is 6.36. The number of hydrazine groups is 1. The lowest BCUT2D eigenvalue weighted by Gasteiger charge is -2.50. The number of aromatic hydroxyl groups is 1. The number of imide groups is 2. The minimum Gasteiger partial charge on any atom is -0.508 e. The number of allylic oxidation sites excluding steroid dienone is 2. The Morgan fingerprint density at radius 2 is 1.45 bits per heavy atom. The zero-order chi connectivity index (χ0) is 46.8. The highest BCUT2D eigenvalue weighted by atomic mass is 35.5. The standard InChI is InChI=1S/C48H39Cl2F3N6O7/c1-57(2)29-11-7-27(8-12-29)54-55-28-9-13-30(14-10-28)58-43(61)34-19-18-33-35(41(34)45(58)63)24-37-44(62)59(56-39-20-6-26(49)22-38(39)50)46(64)47(37,25-4-15-31(65-3)16-5-25)42(33)36-23-32(17-21-40(36)60)66-48(51,52)53/h4-18,20-23,34-35,37,41-42,56,60H,19,24H2,1-3H3. The van der Waals surface area contributed by atoms with Gasteiger partial charge in [0.1, 0.15) is 17.2 Å². The van der Waals surface area contributed by atoms with Crippen molar-refractivity contribution >= 4 is 75.3 Å². The quantitative estimate of drug-likeness (QED) is 0.0791. The summed E-state index contributed by atoms with van der Waals surface area (Å²) in [6, 6.07) is 27.5. The molecule has 0 bridgehead atoms. The first kappa shape index (κ1) is 44.3. The predicted molar refractivity (Wildman–Crippen MR) is 239 cm³/mol. The number of methoxy groups -OCH3 is 1. The summed E-state index contributed by atoms with van der Waals surface area (Å²) in [4.78, 5) is 62.9. The number of rotatable bonds is 10. The molecule has 4 amide bonds. The summed E-state index contributed by atoms with van der Waals surface area (Å²) in [7, 11) is 5.30. The zero-order valence-electron chi connectivity index (χ0n) is 35.3. The van der Waals surface area contributed by atoms with Gasteiger partial charge in [0.05, 0.1) is 58.1 Å². The molecule has 9 rings (SSSR count). The normalized spacial score (nSPS) is 23.7. The number of nitrogens with zero attached hydrogens (tertiary/aromatic N) is 5. The van der Waals surface area contributed by atoms with Crippen LogP contribution in [0.3, 0.4) is 0 Å². The van der Waals surface area contributed by atoms with Crippen molar-refractivity contribution in [2.24, 2.45) is 33.9 Å². The maximum atomic E-state index is 15.5. The highest BCUT2D eigenvalue weighted by Crippen LogP contribution is 2.65. The molecule has 13 nitrogen and oxygen atoms in total. The minimum absolute atomic E-state index is 0.000327. The summed E-state index contributed by atoms with van der Waals surface area (Å²) >= 11 is 12.7. The Bertz CT molecular complexity index is 2840. The average Bonchev–Trinajstić information content (AvgIpc) is 3.67. The number of hydrogen-bond acceptors (Lipinski definition) is 11. The fraction of sp³-hybridized carbons (Fsp3) is 0.250. The Hall–Kier alpha value is -6.91. The highest BCUT2D eigenvalue weighted by Gasteiger charge is 2.71. The van der Waals surface area contributed by atoms with Gasteiger partial charge in [-0.15, -0.1) is 13.2 Å². The van der Waals surface area contributed by atoms with Crippen LogP contribution in [0, 0.1) is 23.7 Å². The molecule has 18 heteroatoms. The number of halogens is 5. The van der Waals surface area contributed by atoms with Gasteiger partial charge in [-0.3, -0.25) is 29.5 Å². The van der Waals surface area contributed by atoms with Gasteiger partial charge in [-0.05, 0) is 121 Å². The maximum Gasteiger partial charge on any atom is 0.573 e. The van der Waals surface area contributed by atoms with Crippen LogP contribution in [0.4, 0.5) is 41.6 Å². The van der Waals surface area contributed by atoms with Gasteiger partial charge in [-0.2, -0.15) is 15.2 Å². The second-order valence-electron chi connectivity index (χ2n) is 16.6. The van der Waals surface area contributed by atoms with Crippen molar-refractivity contribution in [2.75, 3.05) is 36.4 Å². The molecular weight excluding hydrogens is 900 g/mol. The number of anilines is 3. The molecule has 2 saturated heterocycles. The largest absolute Gasteiger partial charge is 0.573 e. The van der Waals surface area contributed by atoms with Crippen molar-refractivity contribution < 1.29 is 46.9 Å². The summed E-state index contributed by atoms with van der Waals surface area (Å²) in [5.74, 6) is -9.01. The molecule has 2 heterocycles. The Labute approximate surface area is 386 Å². The second-order valence-corrected chi connectivity index (χ2v) is 17.5. The molecule has 1 saturated carbocycles. The zero-order valence-corrected chi connectivity index (χ0v) is 36.8. The first-order chi connectivity index (χ1) is 31.5. The number of carbonyl (C=O) groups excluding carboxylic acids is 4. The summed E-state index contributed by atoms with van der Waals surface area (Å²) < 4.78 is 51.1. The lowest BCUT2D eigenvalue weighted by Crippen LogP contribution is -2.53. The summed E-state index contributed by atoms with van der Waals surface area (Å²) in [5.41, 5.74) is 3.84. The molecule has 2 aliphatic heterocycles. The van der Waals surface area contributed by atoms with Crippen LogP contribution < -0.4 is 24.7 Å². The van der Waals surface area contributed by atoms with Gasteiger partial charge in [-0.1, -0.05) is 47.0 Å². The van der Waals surface area contributed by atoms with E-state index in [1.54, 1.807) is 54.6 Å². The maximum absolute atomic E-state index is 15.5. The molecule has 4 aliphatic rings. The van der Waals surface area contributed by atoms with Crippen LogP contribution in [0.25, 0.3) is 0 Å². The van der Waals surface area contributed by atoms with Crippen LogP contribution in [-0.4, -0.2) is 61.3 Å². The number of alkyl halides is 3. The van der Waals surface area contributed by atoms with E-state index in [0.29, 0.717) is 22.7 Å². The molecule has 5 aromatic rings. The number of azo groups is 1. The van der Waals surface area contributed by atoms with Crippen LogP contribution in [0.2, 0.25) is 10.0 Å². The molecule has 0 aromatic heterocycles. The van der Waals surface area contributed by atoms with Crippen LogP contribution >= 0.6 is 23.2 Å². The van der Waals surface area contributed by atoms with Crippen molar-refractivity contribution in [3.05, 3.63) is 142 Å². The Balaban J connectivity index is 1.14. The van der Waals surface area contributed by atoms with Crippen molar-refractivity contribution in [3.63, 3.8) is 0 Å². The summed E-state index contributed by atoms with van der Waals surface area (Å²) in [6.45, 7) is 0. The number of benzene rings is 5. The van der Waals surface area contributed by atoms with Gasteiger partial charge < -0.3 is 19.5 Å². The molecule has 2 aliphatic carbocycles. The number of hydrogen-bond donors (Lipinski definition) is 2. The van der Waals surface area contributed by atoms with E-state index in [4.69, 9.17) is 27.9 Å². The summed E-state index contributed by atoms with van der Waals surface area (Å²) in [5, 5.41) is 21.5. The Morgan fingerprint density at radius 1 is 0.803 bits per heavy atom. The smallest absolute Gasteiger partial charge is 0.508 e. The van der Waals surface area contributed by atoms with Crippen molar-refractivity contribution in [1.29, 1.82) is 0 Å². The molecule has 338 valence electrons. The molecule has 6 unspecified atom stereocenters. The van der Waals surface area contributed by atoms with E-state index in [2.05, 4.69) is 20.4 Å². The van der Waals surface area contributed by atoms with Crippen molar-refractivity contribution in [1.82, 2.24) is 5.01 Å². The Kier molecular flexibility index (Phi) is 11.3. The third-order valence-corrected chi connectivity index (χ3v) is 13.4. The SMILES string of the molecule is COc1ccc(C23C(=O)N(Nc4ccc(Cl)cc4Cl)C(=O)C2CC2C(=CCC4C(=O)N(c5ccc(N=Nc6ccc(N(C)C)cc6)cc5)C(=O)C42)C3c2cc(OC(F)(F)F)ccc2O)cc1. The van der Waals surface area contributed by atoms with Crippen LogP contribution in [-0.2, 0) is 24.6 Å². The van der Waals surface area contributed by atoms with Gasteiger partial charge in [0.25, 0.3) is 11.8 Å². The van der Waals surface area contributed by atoms with E-state index in [0.717, 1.165) is 33.8 Å². The number of carbonyl (C=O) groups is 4. The number of phenols is 1. The van der Waals surface area contributed by atoms with E-state index >= 15 is 9.59 Å². The predicted octanol–water partition coefficient (Wildman–Crippen LogP) is 10.3. The monoisotopic (exact) mass is 938 g/mol. The van der Waals surface area contributed by atoms with E-state index < -0.39 is 76.5 Å². The van der Waals surface area contributed by atoms with Crippen LogP contribution in [0.15, 0.2) is 131 Å². The molecule has 5 aromatic carbocycles. The second kappa shape index (κ2) is 16.8. The average molecular weight is 940 g/mol. The number of fused-ring (bicyclic) bond motifs is 4. The molecule has 0 radical (unpaired) electrons. The number of amides is 4. The molecule has 3 fully saturated rings. The number of phenolic OH excluding ortho intramolecular Hbond substituents is 1. The molecule has 66 heavy (non-hydrogen) atoms. The van der Waals surface area contributed by atoms with Gasteiger partial charge in [0.15, 0.2) is 0 Å². The number of ether oxygens (including phenoxy) is 2. The first-order valence-electron chi connectivity index (χ1n) is 20.7. The van der Waals surface area contributed by atoms with Gasteiger partial charge in [0.2, 0.25) is 11.8 Å². The number of nitrogens with one attached hydrogen (secondary N) is 1. The van der Waals surface area contributed by atoms with E-state index in [1.165, 1.54) is 25.3 Å². The first-order valence-corrected chi connectivity index (χ1v) is 21.5. The lowest BCUT2D eigenvalue weighted by molar-refractivity contribution is -0.274. The topological polar surface area (TPSA) is 153 Å². The molecular formula is C48H39Cl2F3N6O7. The van der Waals surface area contributed by atoms with Crippen LogP contribution in [0.5, 0.6) is 17.2 Å². The third kappa shape index (κ3) is 7.56. The lowest BCUT2D eigenvalue weighted by atomic mass is 9.49. The molecule has 0 spiro atoms. The van der Waals surface area contributed by atoms with Gasteiger partial charge in [0, 0.05) is 36.3 Å². The minimum atomic E-state index is -5.13. The fourth-order valence-corrected chi connectivity index (χ4v) is 10.5. The fourth-order valence-electron chi connectivity index (χ4n) is 10.0. The van der Waals surface area contributed by atoms with E-state index in [-0.39, 0.29) is 45.4 Å². The van der Waals surface area contributed by atoms with Crippen molar-refractivity contribution in [2.45, 2.75) is 30.5 Å².